The zero-order valence-corrected chi connectivity index (χ0v) is 13.1. The number of alkyl halides is 1. The number of hydrogen-bond donors (Lipinski definition) is 0. The topological polar surface area (TPSA) is 30.7 Å². The summed E-state index contributed by atoms with van der Waals surface area (Å²) in [5.74, 6) is 2.13. The summed E-state index contributed by atoms with van der Waals surface area (Å²) in [5, 5.41) is 0. The number of nitrogens with zero attached hydrogens (tertiary/aromatic N) is 3. The molecule has 0 aromatic carbocycles. The van der Waals surface area contributed by atoms with Gasteiger partial charge in [-0.3, -0.25) is 0 Å². The van der Waals surface area contributed by atoms with Crippen molar-refractivity contribution in [3.8, 4) is 0 Å². The van der Waals surface area contributed by atoms with Gasteiger partial charge in [0.15, 0.2) is 5.65 Å². The number of halogens is 2. The van der Waals surface area contributed by atoms with Crippen LogP contribution in [-0.2, 0) is 12.4 Å². The van der Waals surface area contributed by atoms with E-state index in [1.165, 1.54) is 32.1 Å². The molecule has 1 saturated carbocycles. The van der Waals surface area contributed by atoms with Gasteiger partial charge in [-0.25, -0.2) is 9.97 Å². The van der Waals surface area contributed by atoms with Crippen molar-refractivity contribution in [3.05, 3.63) is 22.6 Å². The maximum Gasteiger partial charge on any atom is 0.160 e. The van der Waals surface area contributed by atoms with Gasteiger partial charge in [0.25, 0.3) is 0 Å². The lowest BCUT2D eigenvalue weighted by molar-refractivity contribution is 0.319. The molecule has 1 fully saturated rings. The summed E-state index contributed by atoms with van der Waals surface area (Å²) in [6.07, 6.45) is 8.56. The van der Waals surface area contributed by atoms with Crippen LogP contribution in [0.15, 0.2) is 16.7 Å². The van der Waals surface area contributed by atoms with Crippen molar-refractivity contribution in [2.75, 3.05) is 0 Å². The lowest BCUT2D eigenvalue weighted by Gasteiger charge is -2.22. The molecule has 0 amide bonds. The molecule has 3 nitrogen and oxygen atoms in total. The van der Waals surface area contributed by atoms with E-state index in [0.29, 0.717) is 5.88 Å². The van der Waals surface area contributed by atoms with E-state index in [0.717, 1.165) is 33.9 Å². The summed E-state index contributed by atoms with van der Waals surface area (Å²) in [4.78, 5) is 9.11. The summed E-state index contributed by atoms with van der Waals surface area (Å²) in [5.41, 5.74) is 1.89. The molecule has 5 heteroatoms. The third-order valence-electron chi connectivity index (χ3n) is 3.92. The van der Waals surface area contributed by atoms with Crippen LogP contribution in [0, 0.1) is 5.92 Å². The third-order valence-corrected chi connectivity index (χ3v) is 4.59. The zero-order valence-electron chi connectivity index (χ0n) is 10.8. The first kappa shape index (κ1) is 13.4. The number of fused-ring (bicyclic) bond motifs is 1. The van der Waals surface area contributed by atoms with Gasteiger partial charge in [-0.05, 0) is 40.8 Å². The van der Waals surface area contributed by atoms with Crippen molar-refractivity contribution in [2.24, 2.45) is 5.92 Å². The third kappa shape index (κ3) is 2.79. The Kier molecular flexibility index (Phi) is 4.08. The number of pyridine rings is 1. The molecule has 1 aliphatic rings. The van der Waals surface area contributed by atoms with E-state index in [-0.39, 0.29) is 0 Å². The highest BCUT2D eigenvalue weighted by Crippen LogP contribution is 2.27. The van der Waals surface area contributed by atoms with E-state index in [9.17, 15) is 0 Å². The van der Waals surface area contributed by atoms with E-state index in [4.69, 9.17) is 11.6 Å². The Bertz CT molecular complexity index is 575. The summed E-state index contributed by atoms with van der Waals surface area (Å²) in [7, 11) is 0. The van der Waals surface area contributed by atoms with Gasteiger partial charge in [0, 0.05) is 17.2 Å². The minimum absolute atomic E-state index is 0.445. The van der Waals surface area contributed by atoms with Gasteiger partial charge in [0.05, 0.1) is 5.88 Å². The molecule has 0 radical (unpaired) electrons. The van der Waals surface area contributed by atoms with Gasteiger partial charge < -0.3 is 4.57 Å². The number of aromatic nitrogens is 3. The van der Waals surface area contributed by atoms with Gasteiger partial charge in [0.2, 0.25) is 0 Å². The summed E-state index contributed by atoms with van der Waals surface area (Å²) in [6.45, 7) is 1.01. The average Bonchev–Trinajstić information content (AvgIpc) is 2.77. The molecule has 0 saturated heterocycles. The standard InChI is InChI=1S/C14H17BrClN3/c15-11-6-12-14(17-8-11)19(13(7-16)18-12)9-10-4-2-1-3-5-10/h6,8,10H,1-5,7,9H2. The highest BCUT2D eigenvalue weighted by atomic mass is 79.9. The van der Waals surface area contributed by atoms with Crippen LogP contribution in [-0.4, -0.2) is 14.5 Å². The Morgan fingerprint density at radius 1 is 1.32 bits per heavy atom. The lowest BCUT2D eigenvalue weighted by atomic mass is 9.89. The summed E-state index contributed by atoms with van der Waals surface area (Å²) < 4.78 is 3.17. The van der Waals surface area contributed by atoms with Crippen molar-refractivity contribution >= 4 is 38.7 Å². The molecule has 0 N–H and O–H groups in total. The second-order valence-corrected chi connectivity index (χ2v) is 6.46. The second-order valence-electron chi connectivity index (χ2n) is 5.27. The molecular weight excluding hydrogens is 326 g/mol. The van der Waals surface area contributed by atoms with Gasteiger partial charge in [-0.1, -0.05) is 19.3 Å². The Morgan fingerprint density at radius 3 is 2.84 bits per heavy atom. The largest absolute Gasteiger partial charge is 0.311 e. The Morgan fingerprint density at radius 2 is 2.11 bits per heavy atom. The molecule has 2 aromatic rings. The number of rotatable bonds is 3. The molecule has 0 bridgehead atoms. The monoisotopic (exact) mass is 341 g/mol. The molecular formula is C14H17BrClN3. The van der Waals surface area contributed by atoms with Gasteiger partial charge in [-0.2, -0.15) is 0 Å². The van der Waals surface area contributed by atoms with Crippen LogP contribution in [0.5, 0.6) is 0 Å². The molecule has 2 aromatic heterocycles. The highest BCUT2D eigenvalue weighted by molar-refractivity contribution is 9.10. The maximum absolute atomic E-state index is 6.04. The fourth-order valence-electron chi connectivity index (χ4n) is 2.96. The van der Waals surface area contributed by atoms with Crippen molar-refractivity contribution in [3.63, 3.8) is 0 Å². The van der Waals surface area contributed by atoms with E-state index in [1.54, 1.807) is 0 Å². The molecule has 3 rings (SSSR count). The van der Waals surface area contributed by atoms with Crippen LogP contribution in [0.25, 0.3) is 11.2 Å². The van der Waals surface area contributed by atoms with E-state index >= 15 is 0 Å². The minimum atomic E-state index is 0.445. The van der Waals surface area contributed by atoms with Crippen LogP contribution < -0.4 is 0 Å². The predicted octanol–water partition coefficient (Wildman–Crippen LogP) is 4.51. The van der Waals surface area contributed by atoms with Gasteiger partial charge >= 0.3 is 0 Å². The fourth-order valence-corrected chi connectivity index (χ4v) is 3.48. The molecule has 102 valence electrons. The number of hydrogen-bond acceptors (Lipinski definition) is 2. The first-order chi connectivity index (χ1) is 9.28. The summed E-state index contributed by atoms with van der Waals surface area (Å²) >= 11 is 9.48. The quantitative estimate of drug-likeness (QED) is 0.768. The first-order valence-electron chi connectivity index (χ1n) is 6.84. The van der Waals surface area contributed by atoms with Gasteiger partial charge in [-0.15, -0.1) is 11.6 Å². The van der Waals surface area contributed by atoms with Crippen LogP contribution in [0.1, 0.15) is 37.9 Å². The van der Waals surface area contributed by atoms with Crippen LogP contribution in [0.4, 0.5) is 0 Å². The Labute approximate surface area is 126 Å². The van der Waals surface area contributed by atoms with Crippen LogP contribution in [0.3, 0.4) is 0 Å². The van der Waals surface area contributed by atoms with Crippen molar-refractivity contribution < 1.29 is 0 Å². The normalized spacial score (nSPS) is 17.2. The van der Waals surface area contributed by atoms with Crippen molar-refractivity contribution in [2.45, 2.75) is 44.5 Å². The highest BCUT2D eigenvalue weighted by Gasteiger charge is 2.18. The van der Waals surface area contributed by atoms with E-state index in [1.807, 2.05) is 12.3 Å². The lowest BCUT2D eigenvalue weighted by Crippen LogP contribution is -2.16. The van der Waals surface area contributed by atoms with Gasteiger partial charge in [0.1, 0.15) is 11.3 Å². The predicted molar refractivity (Wildman–Crippen MR) is 81.4 cm³/mol. The average molecular weight is 343 g/mol. The fraction of sp³-hybridized carbons (Fsp3) is 0.571. The molecule has 19 heavy (non-hydrogen) atoms. The van der Waals surface area contributed by atoms with E-state index < -0.39 is 0 Å². The smallest absolute Gasteiger partial charge is 0.160 e. The SMILES string of the molecule is ClCc1nc2cc(Br)cnc2n1CC1CCCCC1. The number of imidazole rings is 1. The van der Waals surface area contributed by atoms with Crippen molar-refractivity contribution in [1.82, 2.24) is 14.5 Å². The maximum atomic E-state index is 6.04. The summed E-state index contributed by atoms with van der Waals surface area (Å²) in [6, 6.07) is 2.01. The molecule has 0 aliphatic heterocycles. The zero-order chi connectivity index (χ0) is 13.2. The minimum Gasteiger partial charge on any atom is -0.311 e. The Hall–Kier alpha value is -0.610. The van der Waals surface area contributed by atoms with Crippen LogP contribution >= 0.6 is 27.5 Å². The molecule has 0 unspecified atom stereocenters. The molecule has 1 aliphatic carbocycles. The molecule has 2 heterocycles. The first-order valence-corrected chi connectivity index (χ1v) is 8.17. The second kappa shape index (κ2) is 5.80. The van der Waals surface area contributed by atoms with Crippen molar-refractivity contribution in [1.29, 1.82) is 0 Å². The molecule has 0 atom stereocenters. The van der Waals surface area contributed by atoms with Crippen LogP contribution in [0.2, 0.25) is 0 Å². The van der Waals surface area contributed by atoms with E-state index in [2.05, 4.69) is 30.5 Å². The molecule has 0 spiro atoms. The Balaban J connectivity index is 1.95.